The smallest absolute Gasteiger partial charge is 0.387 e. The highest BCUT2D eigenvalue weighted by molar-refractivity contribution is 7.67. The van der Waals surface area contributed by atoms with Crippen LogP contribution in [0.4, 0.5) is 11.8 Å². The van der Waals surface area contributed by atoms with Crippen molar-refractivity contribution in [1.82, 2.24) is 48.6 Å². The number of imidazole rings is 2. The Morgan fingerprint density at radius 3 is 1.26 bits per heavy atom. The monoisotopic (exact) mass is 1430 g/mol. The van der Waals surface area contributed by atoms with E-state index in [1.807, 2.05) is 4.98 Å². The van der Waals surface area contributed by atoms with Gasteiger partial charge in [-0.25, -0.2) is 61.3 Å². The van der Waals surface area contributed by atoms with E-state index >= 15 is 0 Å². The first-order valence-corrected chi connectivity index (χ1v) is 34.6. The summed E-state index contributed by atoms with van der Waals surface area (Å²) >= 11 is 0. The molecular weight excluding hydrogens is 1390 g/mol. The van der Waals surface area contributed by atoms with E-state index in [4.69, 9.17) is 69.7 Å². The van der Waals surface area contributed by atoms with Gasteiger partial charge in [0.15, 0.2) is 41.3 Å². The summed E-state index contributed by atoms with van der Waals surface area (Å²) in [5.74, 6) is -0.234. The number of H-pyrrole nitrogens is 2. The van der Waals surface area contributed by atoms with Gasteiger partial charge in [0.2, 0.25) is 5.95 Å². The standard InChI is InChI=1S/C10H16N5O14P3.C10H16N5O13P3.C9H14N2O12P2/c11-10-13-7-4(8(18)14-10)12-2-15(7)9-6(17)5(16)3(27-9)1-26-31(22,23)29-32(24,25)28-30(19,20)21;11-8-5-9(13-2-12-8)15(3-14-5)10-7(17)6(16)4(26-10)1-25-30(21,22)28-31(23,24)27-29(18,19)20;12-5-1-2-11(9(15)10-5)8-7(14)6(13)4(22-8)3-21-25(19,20)23-24(16,17)18/h2-3,5-6,9,16-17H,1H2,(H,22,23)(H,24,25)(H2,19,20,21)(H3,11,13,14,18);2-4,6-7,10,16-17H,1H2,(H,21,22)(H,23,24)(H2,11,12,13)(H2,18,19,20);1-2,4,6-8,13-14H,3H2,(H,19,20)(H,10,12,15)(H2,16,17,18)/t3-,5-,6-,9-;4-,6-,7-,10-;4-,6-,7-,8-/m111/s1. The Balaban J connectivity index is 0.000000212. The second kappa shape index (κ2) is 27.6. The molecule has 59 heteroatoms. The minimum absolute atomic E-state index is 0.0426. The highest BCUT2D eigenvalue weighted by Gasteiger charge is 2.50. The van der Waals surface area contributed by atoms with Crippen LogP contribution in [0.2, 0.25) is 0 Å². The normalized spacial score (nSPS) is 28.6. The number of nitrogens with zero attached hydrogens (tertiary/aromatic N) is 8. The van der Waals surface area contributed by atoms with Crippen LogP contribution in [0.25, 0.3) is 22.3 Å². The molecule has 8 heterocycles. The van der Waals surface area contributed by atoms with E-state index in [0.717, 1.165) is 34.1 Å². The van der Waals surface area contributed by atoms with Gasteiger partial charge in [-0.1, -0.05) is 0 Å². The number of anilines is 2. The molecule has 3 saturated heterocycles. The van der Waals surface area contributed by atoms with E-state index < -0.39 is 173 Å². The Morgan fingerprint density at radius 1 is 0.477 bits per heavy atom. The lowest BCUT2D eigenvalue weighted by molar-refractivity contribution is -0.0542. The fourth-order valence-electron chi connectivity index (χ4n) is 7.37. The summed E-state index contributed by atoms with van der Waals surface area (Å²) in [7, 11) is -43.9. The number of hydrogen-bond donors (Lipinski definition) is 21. The number of phosphoric ester groups is 3. The lowest BCUT2D eigenvalue weighted by atomic mass is 10.1. The molecule has 17 atom stereocenters. The Morgan fingerprint density at radius 2 is 0.852 bits per heavy atom. The number of aromatic amines is 2. The Hall–Kier alpha value is -4.10. The molecule has 8 rings (SSSR count). The van der Waals surface area contributed by atoms with Gasteiger partial charge in [0.25, 0.3) is 11.1 Å². The minimum atomic E-state index is -5.73. The van der Waals surface area contributed by atoms with Crippen molar-refractivity contribution in [2.45, 2.75) is 73.6 Å². The fraction of sp³-hybridized carbons (Fsp3) is 0.517. The summed E-state index contributed by atoms with van der Waals surface area (Å²) in [6.07, 6.45) is -14.3. The third kappa shape index (κ3) is 19.7. The molecule has 23 N–H and O–H groups in total. The van der Waals surface area contributed by atoms with Crippen LogP contribution in [0.5, 0.6) is 0 Å². The molecular formula is C29H46N12O39P8. The molecule has 0 aliphatic carbocycles. The quantitative estimate of drug-likeness (QED) is 0.0287. The van der Waals surface area contributed by atoms with Gasteiger partial charge in [0, 0.05) is 12.3 Å². The van der Waals surface area contributed by atoms with E-state index in [9.17, 15) is 91.3 Å². The molecule has 0 amide bonds. The largest absolute Gasteiger partial charge is 0.490 e. The maximum Gasteiger partial charge on any atom is 0.490 e. The number of phosphoric acid groups is 8. The number of hydrogen-bond acceptors (Lipinski definition) is 35. The van der Waals surface area contributed by atoms with Gasteiger partial charge in [-0.05, 0) is 0 Å². The van der Waals surface area contributed by atoms with Gasteiger partial charge in [0.05, 0.1) is 32.5 Å². The Bertz CT molecular complexity index is 3920. The summed E-state index contributed by atoms with van der Waals surface area (Å²) in [4.78, 5) is 155. The number of aliphatic hydroxyl groups is 6. The molecule has 5 aromatic rings. The molecule has 88 heavy (non-hydrogen) atoms. The number of aliphatic hydroxyl groups excluding tert-OH is 6. The van der Waals surface area contributed by atoms with Gasteiger partial charge in [-0.3, -0.25) is 46.8 Å². The van der Waals surface area contributed by atoms with Crippen molar-refractivity contribution in [1.29, 1.82) is 0 Å². The number of aromatic nitrogens is 10. The van der Waals surface area contributed by atoms with E-state index in [0.29, 0.717) is 0 Å². The zero-order valence-corrected chi connectivity index (χ0v) is 49.5. The van der Waals surface area contributed by atoms with Crippen molar-refractivity contribution in [2.24, 2.45) is 0 Å². The molecule has 496 valence electrons. The van der Waals surface area contributed by atoms with Gasteiger partial charge < -0.3 is 110 Å². The van der Waals surface area contributed by atoms with E-state index in [1.165, 1.54) is 10.9 Å². The zero-order valence-electron chi connectivity index (χ0n) is 42.3. The molecule has 3 aliphatic heterocycles. The van der Waals surface area contributed by atoms with Crippen molar-refractivity contribution in [3.05, 3.63) is 62.4 Å². The molecule has 5 aromatic heterocycles. The second-order valence-corrected chi connectivity index (χ2v) is 28.8. The molecule has 3 aliphatic rings. The lowest BCUT2D eigenvalue weighted by Gasteiger charge is -2.19. The molecule has 0 bridgehead atoms. The first kappa shape index (κ1) is 73.0. The van der Waals surface area contributed by atoms with Crippen LogP contribution < -0.4 is 28.3 Å². The maximum atomic E-state index is 11.9. The second-order valence-electron chi connectivity index (χ2n) is 17.1. The highest BCUT2D eigenvalue weighted by Crippen LogP contribution is 2.67. The topological polar surface area (TPSA) is 796 Å². The predicted molar refractivity (Wildman–Crippen MR) is 270 cm³/mol. The summed E-state index contributed by atoms with van der Waals surface area (Å²) in [6.45, 7) is -2.87. The van der Waals surface area contributed by atoms with Crippen molar-refractivity contribution in [3.8, 4) is 0 Å². The first-order valence-electron chi connectivity index (χ1n) is 22.5. The van der Waals surface area contributed by atoms with Crippen molar-refractivity contribution in [3.63, 3.8) is 0 Å². The van der Waals surface area contributed by atoms with Crippen molar-refractivity contribution >= 4 is 96.7 Å². The van der Waals surface area contributed by atoms with Crippen LogP contribution >= 0.6 is 62.6 Å². The van der Waals surface area contributed by atoms with E-state index in [2.05, 4.69) is 65.0 Å². The van der Waals surface area contributed by atoms with Crippen LogP contribution in [-0.4, -0.2) is 208 Å². The SMILES string of the molecule is Nc1nc2c(ncn2[C@@H]2O[C@H](COP(=O)(O)OP(=O)(O)OP(=O)(O)O)[C@@H](O)[C@H]2O)c(=O)[nH]1.Nc1ncnc2c1ncn2[C@@H]1O[C@H](COP(=O)(O)OP(=O)(O)OP(=O)(O)O)[C@@H](O)[C@H]1O.O=c1ccn([C@@H]2O[C@H](COP(=O)(O)OP(=O)(O)O)[C@@H](O)[C@H]2O)c(=O)[nH]1. The fourth-order valence-corrected chi connectivity index (χ4v) is 15.0. The van der Waals surface area contributed by atoms with Crippen molar-refractivity contribution in [2.75, 3.05) is 31.3 Å². The molecule has 3 fully saturated rings. The number of nitrogens with two attached hydrogens (primary N) is 2. The predicted octanol–water partition coefficient (Wildman–Crippen LogP) is -6.58. The van der Waals surface area contributed by atoms with Gasteiger partial charge in [0.1, 0.15) is 66.8 Å². The van der Waals surface area contributed by atoms with Gasteiger partial charge in [-0.2, -0.15) is 26.5 Å². The first-order chi connectivity index (χ1) is 40.2. The van der Waals surface area contributed by atoms with Crippen molar-refractivity contribution < 1.29 is 170 Å². The van der Waals surface area contributed by atoms with Crippen LogP contribution in [-0.2, 0) is 85.9 Å². The number of nitrogens with one attached hydrogen (secondary N) is 2. The third-order valence-electron chi connectivity index (χ3n) is 10.8. The Labute approximate surface area is 481 Å². The summed E-state index contributed by atoms with van der Waals surface area (Å²) in [5.41, 5.74) is 8.85. The minimum Gasteiger partial charge on any atom is -0.387 e. The summed E-state index contributed by atoms with van der Waals surface area (Å²) in [6, 6.07) is 0.962. The highest BCUT2D eigenvalue weighted by atomic mass is 31.3. The van der Waals surface area contributed by atoms with Crippen LogP contribution in [0, 0.1) is 0 Å². The zero-order chi connectivity index (χ0) is 66.2. The average Bonchev–Trinajstić information content (AvgIpc) is 1.66. The third-order valence-corrected chi connectivity index (χ3v) is 20.5. The Kier molecular flexibility index (Phi) is 22.9. The number of nitrogen functional groups attached to an aromatic ring is 2. The van der Waals surface area contributed by atoms with E-state index in [1.54, 1.807) is 0 Å². The maximum absolute atomic E-state index is 11.9. The summed E-state index contributed by atoms with van der Waals surface area (Å²) < 4.78 is 139. The van der Waals surface area contributed by atoms with Crippen LogP contribution in [0.1, 0.15) is 18.7 Å². The lowest BCUT2D eigenvalue weighted by Crippen LogP contribution is -2.37. The van der Waals surface area contributed by atoms with Gasteiger partial charge >= 0.3 is 68.3 Å². The number of ether oxygens (including phenoxy) is 3. The van der Waals surface area contributed by atoms with E-state index in [-0.39, 0.29) is 34.1 Å². The number of fused-ring (bicyclic) bond motifs is 2. The molecule has 5 unspecified atom stereocenters. The number of rotatable bonds is 22. The van der Waals surface area contributed by atoms with Crippen LogP contribution in [0.3, 0.4) is 0 Å². The molecule has 0 radical (unpaired) electrons. The van der Waals surface area contributed by atoms with Crippen LogP contribution in [0.15, 0.2) is 45.6 Å². The van der Waals surface area contributed by atoms with Gasteiger partial charge in [-0.15, -0.1) is 0 Å². The molecule has 0 spiro atoms. The molecule has 0 saturated carbocycles. The average molecular weight is 1430 g/mol. The molecule has 0 aromatic carbocycles. The molecule has 51 nitrogen and oxygen atoms in total. The summed E-state index contributed by atoms with van der Waals surface area (Å²) in [5, 5.41) is 60.6.